The van der Waals surface area contributed by atoms with Crippen molar-refractivity contribution in [1.29, 1.82) is 0 Å². The van der Waals surface area contributed by atoms with Crippen molar-refractivity contribution in [2.75, 3.05) is 23.3 Å². The maximum atomic E-state index is 12.2. The number of amides is 1. The van der Waals surface area contributed by atoms with Crippen LogP contribution in [0.15, 0.2) is 42.5 Å². The van der Waals surface area contributed by atoms with Gasteiger partial charge in [0.1, 0.15) is 5.82 Å². The molecule has 1 aliphatic rings. The Balaban J connectivity index is 1.75. The van der Waals surface area contributed by atoms with Crippen LogP contribution in [-0.4, -0.2) is 24.0 Å². The van der Waals surface area contributed by atoms with E-state index in [4.69, 9.17) is 0 Å². The molecule has 1 saturated heterocycles. The smallest absolute Gasteiger partial charge is 0.255 e. The van der Waals surface area contributed by atoms with Crippen LogP contribution in [0.25, 0.3) is 0 Å². The topological polar surface area (TPSA) is 45.2 Å². The van der Waals surface area contributed by atoms with Gasteiger partial charge in [0.05, 0.1) is 11.4 Å². The number of pyridine rings is 1. The Morgan fingerprint density at radius 3 is 2.48 bits per heavy atom. The average molecular weight is 281 g/mol. The zero-order valence-electron chi connectivity index (χ0n) is 12.2. The third-order valence-electron chi connectivity index (χ3n) is 3.79. The normalized spacial score (nSPS) is 14.2. The van der Waals surface area contributed by atoms with Crippen molar-refractivity contribution in [3.05, 3.63) is 53.7 Å². The van der Waals surface area contributed by atoms with E-state index in [1.165, 1.54) is 12.8 Å². The molecule has 1 aromatic carbocycles. The lowest BCUT2D eigenvalue weighted by Crippen LogP contribution is -2.20. The van der Waals surface area contributed by atoms with Gasteiger partial charge < -0.3 is 10.2 Å². The Labute approximate surface area is 124 Å². The molecule has 0 radical (unpaired) electrons. The van der Waals surface area contributed by atoms with Crippen molar-refractivity contribution in [2.24, 2.45) is 0 Å². The fourth-order valence-corrected chi connectivity index (χ4v) is 2.59. The molecule has 1 aliphatic heterocycles. The molecule has 2 aromatic rings. The molecule has 0 atom stereocenters. The second kappa shape index (κ2) is 5.95. The van der Waals surface area contributed by atoms with E-state index < -0.39 is 0 Å². The van der Waals surface area contributed by atoms with E-state index in [9.17, 15) is 4.79 Å². The molecule has 0 unspecified atom stereocenters. The highest BCUT2D eigenvalue weighted by molar-refractivity contribution is 6.04. The predicted octanol–water partition coefficient (Wildman–Crippen LogP) is 3.24. The summed E-state index contributed by atoms with van der Waals surface area (Å²) in [5.41, 5.74) is 2.27. The molecular formula is C17H19N3O. The standard InChI is InChI=1S/C17H19N3O/c1-13-15(19-17(21)14-7-3-2-4-8-14)9-10-16(18-13)20-11-5-6-12-20/h2-4,7-10H,5-6,11-12H2,1H3,(H,19,21). The second-order valence-corrected chi connectivity index (χ2v) is 5.32. The SMILES string of the molecule is Cc1nc(N2CCCC2)ccc1NC(=O)c1ccccc1. The number of carbonyl (C=O) groups is 1. The van der Waals surface area contributed by atoms with Crippen LogP contribution in [0, 0.1) is 6.92 Å². The molecule has 1 aromatic heterocycles. The van der Waals surface area contributed by atoms with Crippen LogP contribution >= 0.6 is 0 Å². The van der Waals surface area contributed by atoms with Gasteiger partial charge >= 0.3 is 0 Å². The lowest BCUT2D eigenvalue weighted by Gasteiger charge is -2.18. The number of anilines is 2. The van der Waals surface area contributed by atoms with Gasteiger partial charge in [-0.25, -0.2) is 4.98 Å². The van der Waals surface area contributed by atoms with E-state index in [0.29, 0.717) is 5.56 Å². The highest BCUT2D eigenvalue weighted by Crippen LogP contribution is 2.22. The van der Waals surface area contributed by atoms with Crippen LogP contribution in [0.3, 0.4) is 0 Å². The summed E-state index contributed by atoms with van der Waals surface area (Å²) in [6.07, 6.45) is 2.46. The van der Waals surface area contributed by atoms with Gasteiger partial charge in [0.15, 0.2) is 0 Å². The molecule has 0 saturated carbocycles. The van der Waals surface area contributed by atoms with Gasteiger partial charge in [-0.3, -0.25) is 4.79 Å². The third kappa shape index (κ3) is 3.05. The minimum absolute atomic E-state index is 0.102. The summed E-state index contributed by atoms with van der Waals surface area (Å²) in [7, 11) is 0. The van der Waals surface area contributed by atoms with Crippen LogP contribution in [-0.2, 0) is 0 Å². The van der Waals surface area contributed by atoms with Gasteiger partial charge in [-0.2, -0.15) is 0 Å². The number of hydrogen-bond acceptors (Lipinski definition) is 3. The number of hydrogen-bond donors (Lipinski definition) is 1. The summed E-state index contributed by atoms with van der Waals surface area (Å²) in [6.45, 7) is 4.07. The van der Waals surface area contributed by atoms with Crippen LogP contribution < -0.4 is 10.2 Å². The molecule has 1 N–H and O–H groups in total. The summed E-state index contributed by atoms with van der Waals surface area (Å²) in [5, 5.41) is 2.92. The summed E-state index contributed by atoms with van der Waals surface area (Å²) >= 11 is 0. The molecule has 2 heterocycles. The number of rotatable bonds is 3. The first-order valence-corrected chi connectivity index (χ1v) is 7.33. The quantitative estimate of drug-likeness (QED) is 0.939. The van der Waals surface area contributed by atoms with Gasteiger partial charge in [-0.05, 0) is 44.0 Å². The Kier molecular flexibility index (Phi) is 3.86. The van der Waals surface area contributed by atoms with E-state index >= 15 is 0 Å². The molecule has 4 nitrogen and oxygen atoms in total. The van der Waals surface area contributed by atoms with Crippen molar-refractivity contribution in [2.45, 2.75) is 19.8 Å². The van der Waals surface area contributed by atoms with Crippen LogP contribution in [0.4, 0.5) is 11.5 Å². The summed E-state index contributed by atoms with van der Waals surface area (Å²) in [5.74, 6) is 0.900. The minimum Gasteiger partial charge on any atom is -0.357 e. The van der Waals surface area contributed by atoms with E-state index in [1.807, 2.05) is 37.3 Å². The lowest BCUT2D eigenvalue weighted by molar-refractivity contribution is 0.102. The number of aromatic nitrogens is 1. The maximum absolute atomic E-state index is 12.2. The van der Waals surface area contributed by atoms with Gasteiger partial charge in [0, 0.05) is 18.7 Å². The highest BCUT2D eigenvalue weighted by Gasteiger charge is 2.15. The van der Waals surface area contributed by atoms with Crippen molar-refractivity contribution in [3.8, 4) is 0 Å². The average Bonchev–Trinajstić information content (AvgIpc) is 3.04. The lowest BCUT2D eigenvalue weighted by atomic mass is 10.2. The first kappa shape index (κ1) is 13.6. The first-order valence-electron chi connectivity index (χ1n) is 7.33. The maximum Gasteiger partial charge on any atom is 0.255 e. The van der Waals surface area contributed by atoms with Gasteiger partial charge in [-0.15, -0.1) is 0 Å². The zero-order chi connectivity index (χ0) is 14.7. The van der Waals surface area contributed by atoms with Crippen molar-refractivity contribution >= 4 is 17.4 Å². The number of benzene rings is 1. The molecule has 3 rings (SSSR count). The third-order valence-corrected chi connectivity index (χ3v) is 3.79. The molecule has 21 heavy (non-hydrogen) atoms. The summed E-state index contributed by atoms with van der Waals surface area (Å²) < 4.78 is 0. The fraction of sp³-hybridized carbons (Fsp3) is 0.294. The van der Waals surface area contributed by atoms with Gasteiger partial charge in [0.25, 0.3) is 5.91 Å². The second-order valence-electron chi connectivity index (χ2n) is 5.32. The molecule has 0 bridgehead atoms. The Morgan fingerprint density at radius 2 is 1.81 bits per heavy atom. The van der Waals surface area contributed by atoms with E-state index in [1.54, 1.807) is 12.1 Å². The van der Waals surface area contributed by atoms with Crippen molar-refractivity contribution < 1.29 is 4.79 Å². The largest absolute Gasteiger partial charge is 0.357 e. The predicted molar refractivity (Wildman–Crippen MR) is 84.8 cm³/mol. The van der Waals surface area contributed by atoms with Crippen molar-refractivity contribution in [3.63, 3.8) is 0 Å². The van der Waals surface area contributed by atoms with Crippen molar-refractivity contribution in [1.82, 2.24) is 4.98 Å². The first-order chi connectivity index (χ1) is 10.2. The van der Waals surface area contributed by atoms with Gasteiger partial charge in [-0.1, -0.05) is 18.2 Å². The van der Waals surface area contributed by atoms with Crippen LogP contribution in [0.2, 0.25) is 0 Å². The molecule has 1 amide bonds. The van der Waals surface area contributed by atoms with E-state index in [-0.39, 0.29) is 5.91 Å². The minimum atomic E-state index is -0.102. The molecule has 108 valence electrons. The van der Waals surface area contributed by atoms with E-state index in [2.05, 4.69) is 15.2 Å². The fourth-order valence-electron chi connectivity index (χ4n) is 2.59. The van der Waals surface area contributed by atoms with Gasteiger partial charge in [0.2, 0.25) is 0 Å². The molecular weight excluding hydrogens is 262 g/mol. The zero-order valence-corrected chi connectivity index (χ0v) is 12.2. The Bertz CT molecular complexity index is 634. The Hall–Kier alpha value is -2.36. The van der Waals surface area contributed by atoms with Crippen LogP contribution in [0.5, 0.6) is 0 Å². The summed E-state index contributed by atoms with van der Waals surface area (Å²) in [4.78, 5) is 19.1. The number of nitrogens with one attached hydrogen (secondary N) is 1. The molecule has 0 spiro atoms. The summed E-state index contributed by atoms with van der Waals surface area (Å²) in [6, 6.07) is 13.1. The number of carbonyl (C=O) groups excluding carboxylic acids is 1. The number of aryl methyl sites for hydroxylation is 1. The number of nitrogens with zero attached hydrogens (tertiary/aromatic N) is 2. The van der Waals surface area contributed by atoms with Crippen LogP contribution in [0.1, 0.15) is 28.9 Å². The highest BCUT2D eigenvalue weighted by atomic mass is 16.1. The molecule has 4 heteroatoms. The molecule has 0 aliphatic carbocycles. The van der Waals surface area contributed by atoms with E-state index in [0.717, 1.165) is 30.3 Å². The Morgan fingerprint density at radius 1 is 1.10 bits per heavy atom. The monoisotopic (exact) mass is 281 g/mol. The molecule has 1 fully saturated rings.